The van der Waals surface area contributed by atoms with Gasteiger partial charge in [0.05, 0.1) is 16.1 Å². The molecule has 0 spiro atoms. The van der Waals surface area contributed by atoms with Gasteiger partial charge < -0.3 is 5.11 Å². The fourth-order valence-corrected chi connectivity index (χ4v) is 3.12. The van der Waals surface area contributed by atoms with Gasteiger partial charge >= 0.3 is 5.97 Å². The monoisotopic (exact) mass is 338 g/mol. The van der Waals surface area contributed by atoms with E-state index in [4.69, 9.17) is 5.11 Å². The van der Waals surface area contributed by atoms with Crippen LogP contribution in [0.2, 0.25) is 0 Å². The second-order valence-corrected chi connectivity index (χ2v) is 5.76. The van der Waals surface area contributed by atoms with Crippen molar-refractivity contribution in [1.29, 1.82) is 0 Å². The van der Waals surface area contributed by atoms with E-state index in [9.17, 15) is 4.79 Å². The van der Waals surface area contributed by atoms with Gasteiger partial charge in [-0.3, -0.25) is 0 Å². The summed E-state index contributed by atoms with van der Waals surface area (Å²) >= 11 is 4.47. The van der Waals surface area contributed by atoms with Gasteiger partial charge in [0.1, 0.15) is 16.0 Å². The molecule has 0 unspecified atom stereocenters. The molecule has 96 valence electrons. The number of carboxylic acids is 1. The molecule has 8 heteroatoms. The summed E-state index contributed by atoms with van der Waals surface area (Å²) in [6, 6.07) is 0. The molecule has 3 aromatic rings. The topological polar surface area (TPSA) is 80.9 Å². The van der Waals surface area contributed by atoms with Gasteiger partial charge in [0.2, 0.25) is 0 Å². The van der Waals surface area contributed by atoms with E-state index in [1.807, 2.05) is 0 Å². The van der Waals surface area contributed by atoms with Crippen molar-refractivity contribution in [2.24, 2.45) is 0 Å². The minimum absolute atomic E-state index is 0.281. The molecule has 19 heavy (non-hydrogen) atoms. The molecule has 0 aliphatic carbocycles. The Bertz CT molecular complexity index is 795. The van der Waals surface area contributed by atoms with E-state index in [0.29, 0.717) is 16.2 Å². The lowest BCUT2D eigenvalue weighted by Gasteiger charge is -2.02. The van der Waals surface area contributed by atoms with Crippen LogP contribution in [0.4, 0.5) is 0 Å². The second-order valence-electron chi connectivity index (χ2n) is 3.84. The van der Waals surface area contributed by atoms with E-state index >= 15 is 0 Å². The molecule has 0 fully saturated rings. The van der Waals surface area contributed by atoms with Crippen molar-refractivity contribution in [3.63, 3.8) is 0 Å². The van der Waals surface area contributed by atoms with Crippen molar-refractivity contribution in [1.82, 2.24) is 19.7 Å². The molecule has 0 aromatic carbocycles. The molecule has 0 aliphatic heterocycles. The van der Waals surface area contributed by atoms with Crippen LogP contribution in [-0.4, -0.2) is 30.8 Å². The van der Waals surface area contributed by atoms with E-state index in [-0.39, 0.29) is 4.88 Å². The highest BCUT2D eigenvalue weighted by Crippen LogP contribution is 2.32. The third-order valence-corrected chi connectivity index (χ3v) is 4.27. The summed E-state index contributed by atoms with van der Waals surface area (Å²) in [7, 11) is 0. The number of carboxylic acid groups (broad SMARTS) is 1. The highest BCUT2D eigenvalue weighted by atomic mass is 79.9. The number of fused-ring (bicyclic) bond motifs is 1. The van der Waals surface area contributed by atoms with Crippen molar-refractivity contribution in [3.8, 4) is 5.82 Å². The third-order valence-electron chi connectivity index (χ3n) is 2.67. The number of rotatable bonds is 2. The second kappa shape index (κ2) is 4.39. The Morgan fingerprint density at radius 3 is 2.89 bits per heavy atom. The highest BCUT2D eigenvalue weighted by Gasteiger charge is 2.19. The number of hydrogen-bond donors (Lipinski definition) is 1. The molecule has 0 saturated heterocycles. The number of aromatic nitrogens is 4. The Morgan fingerprint density at radius 2 is 2.26 bits per heavy atom. The van der Waals surface area contributed by atoms with Gasteiger partial charge in [-0.1, -0.05) is 0 Å². The van der Waals surface area contributed by atoms with Crippen LogP contribution in [0.25, 0.3) is 16.0 Å². The molecule has 0 atom stereocenters. The van der Waals surface area contributed by atoms with Crippen molar-refractivity contribution in [3.05, 3.63) is 33.6 Å². The van der Waals surface area contributed by atoms with Gasteiger partial charge in [0.25, 0.3) is 0 Å². The van der Waals surface area contributed by atoms with Crippen LogP contribution < -0.4 is 0 Å². The number of aryl methyl sites for hydroxylation is 1. The predicted octanol–water partition coefficient (Wildman–Crippen LogP) is 2.65. The fraction of sp³-hybridized carbons (Fsp3) is 0.0909. The first-order valence-electron chi connectivity index (χ1n) is 5.26. The van der Waals surface area contributed by atoms with Gasteiger partial charge in [-0.25, -0.2) is 19.4 Å². The first kappa shape index (κ1) is 12.2. The molecule has 0 saturated carbocycles. The standard InChI is InChI=1S/C11H7BrN4O2S/c1-5-7-9(16-3-6(12)2-15-16)13-4-14-10(7)19-8(5)11(17)18/h2-4H,1H3,(H,17,18). The third kappa shape index (κ3) is 1.92. The van der Waals surface area contributed by atoms with Gasteiger partial charge in [0.15, 0.2) is 5.82 Å². The molecule has 3 heterocycles. The van der Waals surface area contributed by atoms with E-state index in [2.05, 4.69) is 31.0 Å². The smallest absolute Gasteiger partial charge is 0.346 e. The lowest BCUT2D eigenvalue weighted by atomic mass is 10.2. The summed E-state index contributed by atoms with van der Waals surface area (Å²) < 4.78 is 2.42. The van der Waals surface area contributed by atoms with Crippen molar-refractivity contribution in [2.45, 2.75) is 6.92 Å². The van der Waals surface area contributed by atoms with Crippen LogP contribution in [0.5, 0.6) is 0 Å². The number of hydrogen-bond acceptors (Lipinski definition) is 5. The predicted molar refractivity (Wildman–Crippen MR) is 73.9 cm³/mol. The summed E-state index contributed by atoms with van der Waals surface area (Å²) in [5.74, 6) is -0.370. The Kier molecular flexibility index (Phi) is 2.83. The molecule has 0 radical (unpaired) electrons. The Balaban J connectivity index is 2.34. The van der Waals surface area contributed by atoms with Gasteiger partial charge in [-0.05, 0) is 28.4 Å². The molecule has 6 nitrogen and oxygen atoms in total. The average molecular weight is 339 g/mol. The lowest BCUT2D eigenvalue weighted by molar-refractivity contribution is 0.0701. The van der Waals surface area contributed by atoms with Crippen molar-refractivity contribution < 1.29 is 9.90 Å². The quantitative estimate of drug-likeness (QED) is 0.776. The maximum Gasteiger partial charge on any atom is 0.346 e. The zero-order valence-electron chi connectivity index (χ0n) is 9.66. The lowest BCUT2D eigenvalue weighted by Crippen LogP contribution is -2.00. The van der Waals surface area contributed by atoms with E-state index < -0.39 is 5.97 Å². The molecule has 3 aromatic heterocycles. The van der Waals surface area contributed by atoms with Gasteiger partial charge in [0, 0.05) is 6.20 Å². The minimum Gasteiger partial charge on any atom is -0.477 e. The maximum absolute atomic E-state index is 11.2. The largest absolute Gasteiger partial charge is 0.477 e. The molecule has 0 amide bonds. The summed E-state index contributed by atoms with van der Waals surface area (Å²) in [5, 5.41) is 14.1. The number of thiophene rings is 1. The average Bonchev–Trinajstić information content (AvgIpc) is 2.94. The van der Waals surface area contributed by atoms with E-state index in [0.717, 1.165) is 21.2 Å². The zero-order valence-corrected chi connectivity index (χ0v) is 12.1. The van der Waals surface area contributed by atoms with Crippen LogP contribution >= 0.6 is 27.3 Å². The van der Waals surface area contributed by atoms with Gasteiger partial charge in [-0.15, -0.1) is 11.3 Å². The molecule has 3 rings (SSSR count). The van der Waals surface area contributed by atoms with Gasteiger partial charge in [-0.2, -0.15) is 5.10 Å². The number of nitrogens with zero attached hydrogens (tertiary/aromatic N) is 4. The molecule has 0 aliphatic rings. The molecular formula is C11H7BrN4O2S. The molecule has 1 N–H and O–H groups in total. The first-order valence-corrected chi connectivity index (χ1v) is 6.87. The summed E-state index contributed by atoms with van der Waals surface area (Å²) in [5.41, 5.74) is 0.662. The molecular weight excluding hydrogens is 332 g/mol. The summed E-state index contributed by atoms with van der Waals surface area (Å²) in [6.45, 7) is 1.76. The van der Waals surface area contributed by atoms with E-state index in [1.54, 1.807) is 24.0 Å². The Hall–Kier alpha value is -1.80. The normalized spacial score (nSPS) is 11.1. The van der Waals surface area contributed by atoms with E-state index in [1.165, 1.54) is 6.33 Å². The fourth-order valence-electron chi connectivity index (χ4n) is 1.85. The Morgan fingerprint density at radius 1 is 1.47 bits per heavy atom. The minimum atomic E-state index is -0.951. The SMILES string of the molecule is Cc1c(C(=O)O)sc2ncnc(-n3cc(Br)cn3)c12. The van der Waals surface area contributed by atoms with Crippen molar-refractivity contribution in [2.75, 3.05) is 0 Å². The first-order chi connectivity index (χ1) is 9.08. The van der Waals surface area contributed by atoms with Crippen molar-refractivity contribution >= 4 is 43.5 Å². The zero-order chi connectivity index (χ0) is 13.6. The van der Waals surface area contributed by atoms with Crippen LogP contribution in [0.15, 0.2) is 23.2 Å². The Labute approximate surface area is 119 Å². The van der Waals surface area contributed by atoms with Crippen LogP contribution in [0, 0.1) is 6.92 Å². The molecule has 0 bridgehead atoms. The number of aromatic carboxylic acids is 1. The summed E-state index contributed by atoms with van der Waals surface area (Å²) in [6.07, 6.45) is 4.82. The van der Waals surface area contributed by atoms with Crippen LogP contribution in [0.1, 0.15) is 15.2 Å². The van der Waals surface area contributed by atoms with Crippen LogP contribution in [0.3, 0.4) is 0 Å². The maximum atomic E-state index is 11.2. The summed E-state index contributed by atoms with van der Waals surface area (Å²) in [4.78, 5) is 20.4. The highest BCUT2D eigenvalue weighted by molar-refractivity contribution is 9.10. The number of halogens is 1. The number of carbonyl (C=O) groups is 1. The van der Waals surface area contributed by atoms with Crippen LogP contribution in [-0.2, 0) is 0 Å².